The Morgan fingerprint density at radius 3 is 2.83 bits per heavy atom. The van der Waals surface area contributed by atoms with Crippen molar-refractivity contribution in [2.75, 3.05) is 19.5 Å². The van der Waals surface area contributed by atoms with Crippen molar-refractivity contribution >= 4 is 22.4 Å². The van der Waals surface area contributed by atoms with E-state index in [1.165, 1.54) is 16.7 Å². The molecule has 6 heteroatoms. The van der Waals surface area contributed by atoms with Crippen LogP contribution in [0.1, 0.15) is 10.5 Å². The molecule has 1 aromatic rings. The number of hydrazine groups is 1. The number of rotatable bonds is 3. The van der Waals surface area contributed by atoms with Crippen LogP contribution in [0, 0.1) is 0 Å². The second-order valence-electron chi connectivity index (χ2n) is 2.35. The number of nitrogens with one attached hydrogen (secondary N) is 1. The summed E-state index contributed by atoms with van der Waals surface area (Å²) < 4.78 is 0. The molecular weight excluding hydrogens is 178 g/mol. The molecule has 0 aliphatic heterocycles. The standard InChI is InChI=1S/C6H9N3O2S/c1-9(2)8-6-7-4(3-12-6)5(10)11/h3H,1-2H3,(H,7,8)(H,10,11). The number of aromatic nitrogens is 1. The summed E-state index contributed by atoms with van der Waals surface area (Å²) in [6, 6.07) is 0. The Balaban J connectivity index is 2.71. The van der Waals surface area contributed by atoms with Crippen LogP contribution in [-0.4, -0.2) is 35.2 Å². The third-order valence-electron chi connectivity index (χ3n) is 1.04. The van der Waals surface area contributed by atoms with E-state index in [2.05, 4.69) is 10.4 Å². The summed E-state index contributed by atoms with van der Waals surface area (Å²) in [6.07, 6.45) is 0. The average Bonchev–Trinajstić information content (AvgIpc) is 2.34. The summed E-state index contributed by atoms with van der Waals surface area (Å²) >= 11 is 1.26. The van der Waals surface area contributed by atoms with Gasteiger partial charge in [-0.2, -0.15) is 0 Å². The molecule has 0 bridgehead atoms. The fourth-order valence-corrected chi connectivity index (χ4v) is 1.38. The van der Waals surface area contributed by atoms with Gasteiger partial charge in [0.15, 0.2) is 10.8 Å². The van der Waals surface area contributed by atoms with Gasteiger partial charge in [0.25, 0.3) is 0 Å². The van der Waals surface area contributed by atoms with Gasteiger partial charge in [-0.1, -0.05) is 0 Å². The first kappa shape index (κ1) is 8.95. The van der Waals surface area contributed by atoms with E-state index < -0.39 is 5.97 Å². The highest BCUT2D eigenvalue weighted by Crippen LogP contribution is 2.14. The highest BCUT2D eigenvalue weighted by atomic mass is 32.1. The van der Waals surface area contributed by atoms with Gasteiger partial charge in [-0.05, 0) is 0 Å². The quantitative estimate of drug-likeness (QED) is 0.683. The summed E-state index contributed by atoms with van der Waals surface area (Å²) in [5, 5.41) is 12.3. The molecule has 0 aromatic carbocycles. The largest absolute Gasteiger partial charge is 0.476 e. The SMILES string of the molecule is CN(C)Nc1nc(C(=O)O)cs1. The number of hydrogen-bond donors (Lipinski definition) is 2. The van der Waals surface area contributed by atoms with E-state index in [-0.39, 0.29) is 5.69 Å². The van der Waals surface area contributed by atoms with Crippen molar-refractivity contribution in [2.45, 2.75) is 0 Å². The monoisotopic (exact) mass is 187 g/mol. The molecule has 0 amide bonds. The van der Waals surface area contributed by atoms with Crippen molar-refractivity contribution in [3.05, 3.63) is 11.1 Å². The van der Waals surface area contributed by atoms with Crippen molar-refractivity contribution < 1.29 is 9.90 Å². The topological polar surface area (TPSA) is 65.5 Å². The number of carboxylic acid groups (broad SMARTS) is 1. The Kier molecular flexibility index (Phi) is 2.61. The normalized spacial score (nSPS) is 10.2. The summed E-state index contributed by atoms with van der Waals surface area (Å²) in [5.41, 5.74) is 2.93. The van der Waals surface area contributed by atoms with Gasteiger partial charge in [0.05, 0.1) is 0 Å². The number of carboxylic acids is 1. The smallest absolute Gasteiger partial charge is 0.355 e. The second kappa shape index (κ2) is 3.51. The molecule has 1 aromatic heterocycles. The molecule has 0 aliphatic rings. The minimum absolute atomic E-state index is 0.0735. The molecule has 5 nitrogen and oxygen atoms in total. The molecule has 0 spiro atoms. The second-order valence-corrected chi connectivity index (χ2v) is 3.21. The van der Waals surface area contributed by atoms with E-state index in [4.69, 9.17) is 5.11 Å². The minimum atomic E-state index is -1.00. The lowest BCUT2D eigenvalue weighted by molar-refractivity contribution is 0.0691. The van der Waals surface area contributed by atoms with E-state index in [1.54, 1.807) is 5.01 Å². The van der Waals surface area contributed by atoms with Crippen molar-refractivity contribution in [3.63, 3.8) is 0 Å². The zero-order chi connectivity index (χ0) is 9.14. The van der Waals surface area contributed by atoms with Gasteiger partial charge in [0.2, 0.25) is 0 Å². The van der Waals surface area contributed by atoms with Crippen LogP contribution in [0.2, 0.25) is 0 Å². The predicted octanol–water partition coefficient (Wildman–Crippen LogP) is 0.730. The molecule has 12 heavy (non-hydrogen) atoms. The molecule has 0 unspecified atom stereocenters. The van der Waals surface area contributed by atoms with Gasteiger partial charge >= 0.3 is 5.97 Å². The van der Waals surface area contributed by atoms with Crippen LogP contribution < -0.4 is 5.43 Å². The van der Waals surface area contributed by atoms with E-state index >= 15 is 0 Å². The maximum Gasteiger partial charge on any atom is 0.355 e. The van der Waals surface area contributed by atoms with Gasteiger partial charge < -0.3 is 5.11 Å². The van der Waals surface area contributed by atoms with Gasteiger partial charge in [-0.15, -0.1) is 11.3 Å². The molecule has 0 atom stereocenters. The van der Waals surface area contributed by atoms with Crippen LogP contribution >= 0.6 is 11.3 Å². The summed E-state index contributed by atoms with van der Waals surface area (Å²) in [7, 11) is 3.61. The third-order valence-corrected chi connectivity index (χ3v) is 1.79. The molecule has 66 valence electrons. The van der Waals surface area contributed by atoms with E-state index in [0.29, 0.717) is 5.13 Å². The Bertz CT molecular complexity index is 284. The number of nitrogens with zero attached hydrogens (tertiary/aromatic N) is 2. The highest BCUT2D eigenvalue weighted by molar-refractivity contribution is 7.13. The van der Waals surface area contributed by atoms with E-state index in [9.17, 15) is 4.79 Å². The fraction of sp³-hybridized carbons (Fsp3) is 0.333. The van der Waals surface area contributed by atoms with Crippen LogP contribution in [0.3, 0.4) is 0 Å². The van der Waals surface area contributed by atoms with Crippen LogP contribution in [-0.2, 0) is 0 Å². The Labute approximate surface area is 73.6 Å². The average molecular weight is 187 g/mol. The lowest BCUT2D eigenvalue weighted by Crippen LogP contribution is -2.19. The van der Waals surface area contributed by atoms with Crippen molar-refractivity contribution in [2.24, 2.45) is 0 Å². The van der Waals surface area contributed by atoms with Crippen molar-refractivity contribution in [1.82, 2.24) is 9.99 Å². The van der Waals surface area contributed by atoms with Gasteiger partial charge in [0.1, 0.15) is 0 Å². The zero-order valence-electron chi connectivity index (χ0n) is 6.74. The molecule has 0 aliphatic carbocycles. The number of hydrogen-bond acceptors (Lipinski definition) is 5. The Morgan fingerprint density at radius 1 is 1.75 bits per heavy atom. The molecule has 0 saturated heterocycles. The van der Waals surface area contributed by atoms with Crippen molar-refractivity contribution in [3.8, 4) is 0 Å². The maximum absolute atomic E-state index is 10.4. The van der Waals surface area contributed by atoms with Gasteiger partial charge in [-0.25, -0.2) is 14.8 Å². The molecule has 1 heterocycles. The summed E-state index contributed by atoms with van der Waals surface area (Å²) in [5.74, 6) is -1.00. The first-order chi connectivity index (χ1) is 5.59. The number of aromatic carboxylic acids is 1. The van der Waals surface area contributed by atoms with Crippen LogP contribution in [0.25, 0.3) is 0 Å². The maximum atomic E-state index is 10.4. The lowest BCUT2D eigenvalue weighted by Gasteiger charge is -2.08. The van der Waals surface area contributed by atoms with Crippen LogP contribution in [0.15, 0.2) is 5.38 Å². The molecule has 2 N–H and O–H groups in total. The Morgan fingerprint density at radius 2 is 2.42 bits per heavy atom. The summed E-state index contributed by atoms with van der Waals surface area (Å²) in [4.78, 5) is 14.2. The fourth-order valence-electron chi connectivity index (χ4n) is 0.615. The van der Waals surface area contributed by atoms with Crippen LogP contribution in [0.4, 0.5) is 5.13 Å². The Hall–Kier alpha value is -1.14. The highest BCUT2D eigenvalue weighted by Gasteiger charge is 2.07. The molecular formula is C6H9N3O2S. The lowest BCUT2D eigenvalue weighted by atomic mass is 10.5. The number of anilines is 1. The molecule has 0 saturated carbocycles. The van der Waals surface area contributed by atoms with Gasteiger partial charge in [0, 0.05) is 19.5 Å². The first-order valence-corrected chi connectivity index (χ1v) is 4.10. The van der Waals surface area contributed by atoms with Crippen molar-refractivity contribution in [1.29, 1.82) is 0 Å². The van der Waals surface area contributed by atoms with E-state index in [0.717, 1.165) is 0 Å². The first-order valence-electron chi connectivity index (χ1n) is 3.22. The molecule has 0 radical (unpaired) electrons. The summed E-state index contributed by atoms with van der Waals surface area (Å²) in [6.45, 7) is 0. The van der Waals surface area contributed by atoms with Crippen LogP contribution in [0.5, 0.6) is 0 Å². The van der Waals surface area contributed by atoms with Gasteiger partial charge in [-0.3, -0.25) is 5.43 Å². The zero-order valence-corrected chi connectivity index (χ0v) is 7.55. The number of thiazole rings is 1. The molecule has 1 rings (SSSR count). The number of carbonyl (C=O) groups is 1. The predicted molar refractivity (Wildman–Crippen MR) is 46.4 cm³/mol. The molecule has 0 fully saturated rings. The van der Waals surface area contributed by atoms with E-state index in [1.807, 2.05) is 14.1 Å². The third kappa shape index (κ3) is 2.18. The minimum Gasteiger partial charge on any atom is -0.476 e.